The predicted octanol–water partition coefficient (Wildman–Crippen LogP) is -4.62. The molecule has 0 amide bonds. The summed E-state index contributed by atoms with van der Waals surface area (Å²) in [5.41, 5.74) is 0. The highest BCUT2D eigenvalue weighted by Crippen LogP contribution is 2.43. The first-order valence-electron chi connectivity index (χ1n) is 15.9. The van der Waals surface area contributed by atoms with Crippen LogP contribution >= 0.6 is 0 Å². The molecule has 0 aromatic rings. The summed E-state index contributed by atoms with van der Waals surface area (Å²) in [5, 5.41) is 105. The Hall–Kier alpha value is -1.13. The van der Waals surface area contributed by atoms with Gasteiger partial charge in [-0.3, -0.25) is 4.79 Å². The Morgan fingerprint density at radius 3 is 2.02 bits per heavy atom. The predicted molar refractivity (Wildman–Crippen MR) is 148 cm³/mol. The van der Waals surface area contributed by atoms with Gasteiger partial charge < -0.3 is 79.5 Å². The van der Waals surface area contributed by atoms with E-state index in [2.05, 4.69) is 0 Å². The first-order chi connectivity index (χ1) is 21.7. The summed E-state index contributed by atoms with van der Waals surface area (Å²) in [4.78, 5) is 11.5. The minimum Gasteiger partial charge on any atom is -0.457 e. The molecule has 18 atom stereocenters. The number of esters is 1. The van der Waals surface area contributed by atoms with Crippen LogP contribution in [-0.2, 0) is 33.2 Å². The number of fused-ring (bicyclic) bond motifs is 1. The van der Waals surface area contributed by atoms with Gasteiger partial charge >= 0.3 is 5.97 Å². The van der Waals surface area contributed by atoms with Crippen molar-refractivity contribution in [1.82, 2.24) is 0 Å². The lowest BCUT2D eigenvalue weighted by molar-refractivity contribution is -0.346. The van der Waals surface area contributed by atoms with E-state index in [-0.39, 0.29) is 32.1 Å². The molecule has 8 unspecified atom stereocenters. The molecule has 0 bridgehead atoms. The highest BCUT2D eigenvalue weighted by atomic mass is 16.7. The van der Waals surface area contributed by atoms with Gasteiger partial charge in [0.15, 0.2) is 18.7 Å². The van der Waals surface area contributed by atoms with Crippen molar-refractivity contribution in [3.63, 3.8) is 0 Å². The van der Waals surface area contributed by atoms with Crippen LogP contribution in [0, 0.1) is 11.8 Å². The van der Waals surface area contributed by atoms with E-state index in [1.165, 1.54) is 6.92 Å². The van der Waals surface area contributed by atoms with Gasteiger partial charge in [0.25, 0.3) is 0 Å². The Bertz CT molecular complexity index is 1010. The van der Waals surface area contributed by atoms with Crippen LogP contribution in [0.3, 0.4) is 0 Å². The summed E-state index contributed by atoms with van der Waals surface area (Å²) < 4.78 is 34.6. The van der Waals surface area contributed by atoms with E-state index in [9.17, 15) is 55.9 Å². The molecule has 2 aliphatic carbocycles. The van der Waals surface area contributed by atoms with Gasteiger partial charge in [0.1, 0.15) is 42.7 Å². The van der Waals surface area contributed by atoms with Crippen molar-refractivity contribution < 1.29 is 84.3 Å². The Morgan fingerprint density at radius 2 is 1.37 bits per heavy atom. The van der Waals surface area contributed by atoms with Crippen molar-refractivity contribution in [3.05, 3.63) is 0 Å². The number of aliphatic hydroxyl groups is 10. The van der Waals surface area contributed by atoms with Crippen LogP contribution in [0.25, 0.3) is 0 Å². The lowest BCUT2D eigenvalue weighted by Gasteiger charge is -2.51. The summed E-state index contributed by atoms with van der Waals surface area (Å²) in [6, 6.07) is 0. The average molecular weight is 669 g/mol. The van der Waals surface area contributed by atoms with Crippen molar-refractivity contribution >= 4 is 5.97 Å². The average Bonchev–Trinajstić information content (AvgIpc) is 2.99. The number of aliphatic hydroxyl groups excluding tert-OH is 10. The van der Waals surface area contributed by atoms with Crippen LogP contribution in [0.15, 0.2) is 0 Å². The van der Waals surface area contributed by atoms with Gasteiger partial charge in [-0.2, -0.15) is 0 Å². The second-order valence-electron chi connectivity index (χ2n) is 13.4. The maximum absolute atomic E-state index is 11.5. The zero-order chi connectivity index (χ0) is 33.6. The van der Waals surface area contributed by atoms with Gasteiger partial charge in [0.05, 0.1) is 55.4 Å². The number of carbonyl (C=O) groups is 1. The Morgan fingerprint density at radius 1 is 0.696 bits per heavy atom. The molecule has 0 aromatic carbocycles. The summed E-state index contributed by atoms with van der Waals surface area (Å²) in [5.74, 6) is -1.77. The summed E-state index contributed by atoms with van der Waals surface area (Å²) >= 11 is 0. The summed E-state index contributed by atoms with van der Waals surface area (Å²) in [7, 11) is 0. The van der Waals surface area contributed by atoms with Crippen LogP contribution in [0.4, 0.5) is 0 Å². The standard InChI is InChI=1S/C29H48O17/c1-9-20(35)27(43-10(2)30)25(40)28(42-9)41-8-19-22(37)23(38)24(39)29(46-19)45-18-7-13-14(32)5-12(31)6-17(13)44-26(18)11-3-15(33)21(36)16(34)4-11/h9,11-29,31-40H,3-8H2,1-2H3/t9-,11?,12?,13?,14?,15?,16?,17?,18?,19+,20-,21?,22+,23-,24+,25+,26?,27+,28+,29+/m0/s1. The van der Waals surface area contributed by atoms with Crippen LogP contribution in [0.1, 0.15) is 46.0 Å². The third kappa shape index (κ3) is 7.54. The van der Waals surface area contributed by atoms with E-state index in [1.54, 1.807) is 0 Å². The van der Waals surface area contributed by atoms with Crippen molar-refractivity contribution in [2.75, 3.05) is 6.61 Å². The zero-order valence-electron chi connectivity index (χ0n) is 25.6. The van der Waals surface area contributed by atoms with E-state index in [4.69, 9.17) is 28.4 Å². The second-order valence-corrected chi connectivity index (χ2v) is 13.4. The normalized spacial score (nSPS) is 53.3. The van der Waals surface area contributed by atoms with Crippen LogP contribution in [-0.4, -0.2) is 174 Å². The monoisotopic (exact) mass is 668 g/mol. The SMILES string of the molecule is CC(=O)O[C@@H]1[C@@H](O)[C@H](C)O[C@@H](OC[C@H]2O[C@@H](OC3CC4C(O)CC(O)CC4OC3C3CC(O)C(O)C(O)C3)[C@H](O)[C@@H](O)[C@@H]2O)[C@@H]1O. The molecule has 3 saturated heterocycles. The molecule has 10 N–H and O–H groups in total. The Kier molecular flexibility index (Phi) is 11.6. The molecule has 0 spiro atoms. The van der Waals surface area contributed by atoms with E-state index < -0.39 is 135 Å². The van der Waals surface area contributed by atoms with Crippen molar-refractivity contribution in [3.8, 4) is 0 Å². The van der Waals surface area contributed by atoms with E-state index in [0.717, 1.165) is 6.92 Å². The summed E-state index contributed by atoms with van der Waals surface area (Å²) in [6.07, 6.45) is -22.2. The Labute approximate surface area is 265 Å². The molecule has 0 radical (unpaired) electrons. The van der Waals surface area contributed by atoms with Gasteiger partial charge in [0.2, 0.25) is 0 Å². The molecule has 266 valence electrons. The zero-order valence-corrected chi connectivity index (χ0v) is 25.6. The quantitative estimate of drug-likeness (QED) is 0.114. The van der Waals surface area contributed by atoms with Crippen LogP contribution < -0.4 is 0 Å². The minimum atomic E-state index is -1.78. The third-order valence-corrected chi connectivity index (χ3v) is 10.0. The number of rotatable bonds is 7. The lowest BCUT2D eigenvalue weighted by Crippen LogP contribution is -2.63. The largest absolute Gasteiger partial charge is 0.457 e. The fourth-order valence-electron chi connectivity index (χ4n) is 7.46. The van der Waals surface area contributed by atoms with Crippen LogP contribution in [0.5, 0.6) is 0 Å². The highest BCUT2D eigenvalue weighted by Gasteiger charge is 2.53. The number of hydrogen-bond donors (Lipinski definition) is 10. The first kappa shape index (κ1) is 36.2. The molecule has 3 heterocycles. The molecule has 3 aliphatic heterocycles. The third-order valence-electron chi connectivity index (χ3n) is 10.0. The van der Waals surface area contributed by atoms with E-state index in [0.29, 0.717) is 0 Å². The maximum Gasteiger partial charge on any atom is 0.303 e. The fourth-order valence-corrected chi connectivity index (χ4v) is 7.46. The molecule has 46 heavy (non-hydrogen) atoms. The molecule has 2 saturated carbocycles. The number of hydrogen-bond acceptors (Lipinski definition) is 17. The van der Waals surface area contributed by atoms with Gasteiger partial charge in [0, 0.05) is 12.8 Å². The molecule has 17 nitrogen and oxygen atoms in total. The number of carbonyl (C=O) groups excluding carboxylic acids is 1. The fraction of sp³-hybridized carbons (Fsp3) is 0.966. The van der Waals surface area contributed by atoms with Gasteiger partial charge in [-0.15, -0.1) is 0 Å². The molecule has 5 aliphatic rings. The van der Waals surface area contributed by atoms with Crippen molar-refractivity contribution in [1.29, 1.82) is 0 Å². The van der Waals surface area contributed by atoms with Gasteiger partial charge in [-0.25, -0.2) is 0 Å². The van der Waals surface area contributed by atoms with Gasteiger partial charge in [-0.05, 0) is 44.9 Å². The minimum absolute atomic E-state index is 0.0439. The molecule has 5 rings (SSSR count). The smallest absolute Gasteiger partial charge is 0.303 e. The Balaban J connectivity index is 1.30. The maximum atomic E-state index is 11.5. The van der Waals surface area contributed by atoms with Crippen molar-refractivity contribution in [2.24, 2.45) is 11.8 Å². The van der Waals surface area contributed by atoms with Crippen molar-refractivity contribution in [2.45, 2.75) is 156 Å². The summed E-state index contributed by atoms with van der Waals surface area (Å²) in [6.45, 7) is 2.07. The molecule has 5 fully saturated rings. The lowest BCUT2D eigenvalue weighted by atomic mass is 9.72. The molecule has 17 heteroatoms. The van der Waals surface area contributed by atoms with E-state index in [1.807, 2.05) is 0 Å². The number of ether oxygens (including phenoxy) is 6. The first-order valence-corrected chi connectivity index (χ1v) is 15.9. The van der Waals surface area contributed by atoms with E-state index >= 15 is 0 Å². The van der Waals surface area contributed by atoms with Gasteiger partial charge in [-0.1, -0.05) is 0 Å². The molecule has 0 aromatic heterocycles. The van der Waals surface area contributed by atoms with Crippen LogP contribution in [0.2, 0.25) is 0 Å². The highest BCUT2D eigenvalue weighted by molar-refractivity contribution is 5.66. The second kappa shape index (κ2) is 14.8. The topological polar surface area (TPSA) is 275 Å². The molecular weight excluding hydrogens is 620 g/mol. The molecular formula is C29H48O17.